The van der Waals surface area contributed by atoms with E-state index >= 15 is 0 Å². The summed E-state index contributed by atoms with van der Waals surface area (Å²) in [5.74, 6) is -0.900. The van der Waals surface area contributed by atoms with Crippen LogP contribution in [0.4, 0.5) is 0 Å². The molecule has 0 aliphatic carbocycles. The van der Waals surface area contributed by atoms with Crippen LogP contribution >= 0.6 is 0 Å². The van der Waals surface area contributed by atoms with Gasteiger partial charge in [0.15, 0.2) is 0 Å². The molecule has 4 nitrogen and oxygen atoms in total. The number of carbonyl (C=O) groups is 1. The number of hydrogen-bond acceptors (Lipinski definition) is 3. The van der Waals surface area contributed by atoms with E-state index in [4.69, 9.17) is 15.9 Å². The van der Waals surface area contributed by atoms with Crippen LogP contribution in [0.5, 0.6) is 0 Å². The molecule has 0 rings (SSSR count). The summed E-state index contributed by atoms with van der Waals surface area (Å²) >= 11 is 0. The number of allylic oxidation sites excluding steroid dienone is 1. The first-order valence-electron chi connectivity index (χ1n) is 5.30. The van der Waals surface area contributed by atoms with Gasteiger partial charge in [-0.2, -0.15) is 0 Å². The number of aliphatic hydroxyl groups is 1. The van der Waals surface area contributed by atoms with Crippen LogP contribution in [0.1, 0.15) is 39.0 Å². The lowest BCUT2D eigenvalue weighted by Gasteiger charge is -2.02. The lowest BCUT2D eigenvalue weighted by Crippen LogP contribution is -2.29. The zero-order valence-corrected chi connectivity index (χ0v) is 9.48. The SMILES string of the molecule is C=CCCCO.CCCC[C@H](N)C(=O)O. The van der Waals surface area contributed by atoms with Gasteiger partial charge in [-0.15, -0.1) is 6.58 Å². The summed E-state index contributed by atoms with van der Waals surface area (Å²) in [7, 11) is 0. The Balaban J connectivity index is 0. The molecule has 0 aliphatic heterocycles. The number of aliphatic hydroxyl groups excluding tert-OH is 1. The Morgan fingerprint density at radius 1 is 1.53 bits per heavy atom. The molecule has 0 saturated heterocycles. The molecule has 0 heterocycles. The van der Waals surface area contributed by atoms with E-state index in [1.165, 1.54) is 0 Å². The highest BCUT2D eigenvalue weighted by Gasteiger charge is 2.08. The fraction of sp³-hybridized carbons (Fsp3) is 0.727. The van der Waals surface area contributed by atoms with Crippen molar-refractivity contribution in [3.63, 3.8) is 0 Å². The van der Waals surface area contributed by atoms with E-state index in [0.29, 0.717) is 6.42 Å². The molecule has 0 bridgehead atoms. The van der Waals surface area contributed by atoms with Gasteiger partial charge < -0.3 is 15.9 Å². The Morgan fingerprint density at radius 3 is 2.40 bits per heavy atom. The van der Waals surface area contributed by atoms with Crippen LogP contribution in [0.25, 0.3) is 0 Å². The van der Waals surface area contributed by atoms with Gasteiger partial charge in [-0.05, 0) is 19.3 Å². The average Bonchev–Trinajstić information content (AvgIpc) is 2.23. The number of nitrogens with two attached hydrogens (primary N) is 1. The molecule has 0 unspecified atom stereocenters. The monoisotopic (exact) mass is 217 g/mol. The van der Waals surface area contributed by atoms with Crippen molar-refractivity contribution in [1.82, 2.24) is 0 Å². The third-order valence-corrected chi connectivity index (χ3v) is 1.75. The molecule has 0 aromatic carbocycles. The third-order valence-electron chi connectivity index (χ3n) is 1.75. The molecule has 0 saturated carbocycles. The number of hydrogen-bond donors (Lipinski definition) is 3. The van der Waals surface area contributed by atoms with E-state index < -0.39 is 12.0 Å². The summed E-state index contributed by atoms with van der Waals surface area (Å²) in [5.41, 5.74) is 5.20. The smallest absolute Gasteiger partial charge is 0.320 e. The van der Waals surface area contributed by atoms with Crippen LogP contribution in [-0.4, -0.2) is 28.8 Å². The number of rotatable bonds is 7. The van der Waals surface area contributed by atoms with Gasteiger partial charge in [-0.3, -0.25) is 4.79 Å². The fourth-order valence-corrected chi connectivity index (χ4v) is 0.783. The Hall–Kier alpha value is -0.870. The van der Waals surface area contributed by atoms with Crippen LogP contribution in [0.15, 0.2) is 12.7 Å². The van der Waals surface area contributed by atoms with E-state index in [2.05, 4.69) is 6.58 Å². The fourth-order valence-electron chi connectivity index (χ4n) is 0.783. The van der Waals surface area contributed by atoms with Gasteiger partial charge in [0.2, 0.25) is 0 Å². The van der Waals surface area contributed by atoms with Crippen LogP contribution < -0.4 is 5.73 Å². The molecule has 0 spiro atoms. The lowest BCUT2D eigenvalue weighted by molar-refractivity contribution is -0.138. The standard InChI is InChI=1S/C6H13NO2.C5H10O/c1-2-3-4-5(7)6(8)9;1-2-3-4-5-6/h5H,2-4,7H2,1H3,(H,8,9);2,6H,1,3-5H2/t5-;/m0./s1. The molecule has 4 N–H and O–H groups in total. The summed E-state index contributed by atoms with van der Waals surface area (Å²) in [5, 5.41) is 16.4. The van der Waals surface area contributed by atoms with Crippen molar-refractivity contribution in [3.8, 4) is 0 Å². The number of carboxylic acid groups (broad SMARTS) is 1. The molecular weight excluding hydrogens is 194 g/mol. The molecule has 0 amide bonds. The Labute approximate surface area is 91.8 Å². The Bertz CT molecular complexity index is 160. The molecule has 4 heteroatoms. The van der Waals surface area contributed by atoms with Crippen molar-refractivity contribution in [2.24, 2.45) is 5.73 Å². The molecule has 15 heavy (non-hydrogen) atoms. The van der Waals surface area contributed by atoms with E-state index in [0.717, 1.165) is 25.7 Å². The lowest BCUT2D eigenvalue weighted by atomic mass is 10.1. The van der Waals surface area contributed by atoms with Gasteiger partial charge in [0.05, 0.1) is 0 Å². The predicted octanol–water partition coefficient (Wildman–Crippen LogP) is 1.53. The van der Waals surface area contributed by atoms with Gasteiger partial charge in [-0.25, -0.2) is 0 Å². The number of carboxylic acids is 1. The highest BCUT2D eigenvalue weighted by Crippen LogP contribution is 1.96. The van der Waals surface area contributed by atoms with Crippen molar-refractivity contribution in [2.75, 3.05) is 6.61 Å². The van der Waals surface area contributed by atoms with Gasteiger partial charge >= 0.3 is 5.97 Å². The molecule has 0 radical (unpaired) electrons. The van der Waals surface area contributed by atoms with Gasteiger partial charge in [-0.1, -0.05) is 25.8 Å². The van der Waals surface area contributed by atoms with Crippen molar-refractivity contribution < 1.29 is 15.0 Å². The molecular formula is C11H23NO3. The maximum atomic E-state index is 10.1. The topological polar surface area (TPSA) is 83.5 Å². The molecule has 0 aromatic heterocycles. The van der Waals surface area contributed by atoms with Gasteiger partial charge in [0, 0.05) is 6.61 Å². The molecule has 0 aromatic rings. The van der Waals surface area contributed by atoms with E-state index in [-0.39, 0.29) is 6.61 Å². The van der Waals surface area contributed by atoms with Gasteiger partial charge in [0.25, 0.3) is 0 Å². The predicted molar refractivity (Wildman–Crippen MR) is 61.7 cm³/mol. The van der Waals surface area contributed by atoms with Crippen molar-refractivity contribution in [3.05, 3.63) is 12.7 Å². The zero-order valence-electron chi connectivity index (χ0n) is 9.48. The second-order valence-electron chi connectivity index (χ2n) is 3.24. The molecule has 0 aliphatic rings. The van der Waals surface area contributed by atoms with Crippen LogP contribution in [-0.2, 0) is 4.79 Å². The minimum absolute atomic E-state index is 0.284. The Kier molecular flexibility index (Phi) is 14.5. The number of aliphatic carboxylic acids is 1. The summed E-state index contributed by atoms with van der Waals surface area (Å²) in [6.07, 6.45) is 6.07. The molecule has 90 valence electrons. The second-order valence-corrected chi connectivity index (χ2v) is 3.24. The first-order valence-corrected chi connectivity index (χ1v) is 5.30. The first kappa shape index (κ1) is 16.6. The van der Waals surface area contributed by atoms with Gasteiger partial charge in [0.1, 0.15) is 6.04 Å². The van der Waals surface area contributed by atoms with Crippen molar-refractivity contribution >= 4 is 5.97 Å². The van der Waals surface area contributed by atoms with Crippen molar-refractivity contribution in [2.45, 2.75) is 45.1 Å². The van der Waals surface area contributed by atoms with Crippen LogP contribution in [0.3, 0.4) is 0 Å². The minimum Gasteiger partial charge on any atom is -0.480 e. The second kappa shape index (κ2) is 13.1. The van der Waals surface area contributed by atoms with E-state index in [1.807, 2.05) is 6.92 Å². The first-order chi connectivity index (χ1) is 7.09. The van der Waals surface area contributed by atoms with E-state index in [1.54, 1.807) is 6.08 Å². The average molecular weight is 217 g/mol. The molecule has 0 fully saturated rings. The Morgan fingerprint density at radius 2 is 2.13 bits per heavy atom. The summed E-state index contributed by atoms with van der Waals surface area (Å²) in [6, 6.07) is -0.662. The summed E-state index contributed by atoms with van der Waals surface area (Å²) < 4.78 is 0. The zero-order chi connectivity index (χ0) is 12.1. The quantitative estimate of drug-likeness (QED) is 0.446. The maximum absolute atomic E-state index is 10.1. The third kappa shape index (κ3) is 15.9. The normalized spacial score (nSPS) is 11.1. The maximum Gasteiger partial charge on any atom is 0.320 e. The number of unbranched alkanes of at least 4 members (excludes halogenated alkanes) is 2. The van der Waals surface area contributed by atoms with E-state index in [9.17, 15) is 4.79 Å². The summed E-state index contributed by atoms with van der Waals surface area (Å²) in [4.78, 5) is 10.1. The highest BCUT2D eigenvalue weighted by molar-refractivity contribution is 5.72. The van der Waals surface area contributed by atoms with Crippen molar-refractivity contribution in [1.29, 1.82) is 0 Å². The molecule has 1 atom stereocenters. The summed E-state index contributed by atoms with van der Waals surface area (Å²) in [6.45, 7) is 5.78. The largest absolute Gasteiger partial charge is 0.480 e. The highest BCUT2D eigenvalue weighted by atomic mass is 16.4. The van der Waals surface area contributed by atoms with Crippen LogP contribution in [0, 0.1) is 0 Å². The van der Waals surface area contributed by atoms with Crippen LogP contribution in [0.2, 0.25) is 0 Å². The minimum atomic E-state index is -0.900.